The molecule has 19 heavy (non-hydrogen) atoms. The van der Waals surface area contributed by atoms with Gasteiger partial charge in [-0.05, 0) is 31.9 Å². The Morgan fingerprint density at radius 2 is 1.79 bits per heavy atom. The fraction of sp³-hybridized carbons (Fsp3) is 0.562. The van der Waals surface area contributed by atoms with E-state index in [0.717, 1.165) is 11.3 Å². The molecular formula is C16H24N2S. The fourth-order valence-electron chi connectivity index (χ4n) is 2.81. The maximum Gasteiger partial charge on any atom is 0.106 e. The van der Waals surface area contributed by atoms with Gasteiger partial charge in [0.15, 0.2) is 0 Å². The van der Waals surface area contributed by atoms with Crippen LogP contribution in [-0.2, 0) is 0 Å². The molecule has 1 aliphatic rings. The summed E-state index contributed by atoms with van der Waals surface area (Å²) in [5, 5.41) is 3.66. The smallest absolute Gasteiger partial charge is 0.106 e. The van der Waals surface area contributed by atoms with Crippen LogP contribution in [0.3, 0.4) is 0 Å². The molecule has 0 aromatic heterocycles. The lowest BCUT2D eigenvalue weighted by Gasteiger charge is -2.23. The van der Waals surface area contributed by atoms with Crippen LogP contribution in [0.15, 0.2) is 18.2 Å². The number of anilines is 1. The van der Waals surface area contributed by atoms with E-state index >= 15 is 0 Å². The van der Waals surface area contributed by atoms with E-state index < -0.39 is 0 Å². The van der Waals surface area contributed by atoms with Gasteiger partial charge in [-0.3, -0.25) is 0 Å². The third-order valence-corrected chi connectivity index (χ3v) is 4.13. The van der Waals surface area contributed by atoms with Crippen molar-refractivity contribution < 1.29 is 0 Å². The summed E-state index contributed by atoms with van der Waals surface area (Å²) in [6.45, 7) is 2.07. The number of thiocarbonyl (C=S) groups is 1. The van der Waals surface area contributed by atoms with Crippen molar-refractivity contribution in [1.29, 1.82) is 0 Å². The second-order valence-corrected chi connectivity index (χ2v) is 6.04. The van der Waals surface area contributed by atoms with Gasteiger partial charge in [-0.15, -0.1) is 0 Å². The molecule has 0 saturated heterocycles. The maximum absolute atomic E-state index is 5.84. The molecule has 0 heterocycles. The first-order valence-corrected chi connectivity index (χ1v) is 7.74. The standard InChI is InChI=1S/C16H24N2S/c1-12-9-10-15(14(11-12)16(17)19)18-13-7-5-3-2-4-6-8-13/h9-11,13,18H,2-8H2,1H3,(H2,17,19). The number of rotatable bonds is 3. The van der Waals surface area contributed by atoms with Crippen molar-refractivity contribution in [3.05, 3.63) is 29.3 Å². The summed E-state index contributed by atoms with van der Waals surface area (Å²) >= 11 is 5.16. The van der Waals surface area contributed by atoms with Gasteiger partial charge in [-0.1, -0.05) is 56.0 Å². The highest BCUT2D eigenvalue weighted by atomic mass is 32.1. The van der Waals surface area contributed by atoms with Gasteiger partial charge < -0.3 is 11.1 Å². The van der Waals surface area contributed by atoms with Gasteiger partial charge in [0.1, 0.15) is 4.99 Å². The van der Waals surface area contributed by atoms with E-state index in [0.29, 0.717) is 11.0 Å². The van der Waals surface area contributed by atoms with Crippen molar-refractivity contribution in [2.75, 3.05) is 5.32 Å². The molecule has 3 N–H and O–H groups in total. The number of hydrogen-bond donors (Lipinski definition) is 2. The second kappa shape index (κ2) is 6.90. The molecule has 3 heteroatoms. The zero-order chi connectivity index (χ0) is 13.7. The van der Waals surface area contributed by atoms with E-state index in [1.54, 1.807) is 0 Å². The maximum atomic E-state index is 5.84. The van der Waals surface area contributed by atoms with E-state index in [1.165, 1.54) is 50.5 Å². The van der Waals surface area contributed by atoms with Crippen molar-refractivity contribution >= 4 is 22.9 Å². The van der Waals surface area contributed by atoms with Crippen LogP contribution in [0, 0.1) is 6.92 Å². The van der Waals surface area contributed by atoms with Crippen molar-refractivity contribution in [3.8, 4) is 0 Å². The predicted molar refractivity (Wildman–Crippen MR) is 86.8 cm³/mol. The van der Waals surface area contributed by atoms with Gasteiger partial charge in [0.2, 0.25) is 0 Å². The molecule has 2 rings (SSSR count). The molecule has 1 aliphatic carbocycles. The quantitative estimate of drug-likeness (QED) is 0.814. The Kier molecular flexibility index (Phi) is 5.20. The van der Waals surface area contributed by atoms with E-state index in [1.807, 2.05) is 0 Å². The van der Waals surface area contributed by atoms with Gasteiger partial charge in [-0.25, -0.2) is 0 Å². The molecule has 2 nitrogen and oxygen atoms in total. The molecule has 0 atom stereocenters. The summed E-state index contributed by atoms with van der Waals surface area (Å²) in [7, 11) is 0. The highest BCUT2D eigenvalue weighted by Crippen LogP contribution is 2.23. The molecule has 104 valence electrons. The average molecular weight is 276 g/mol. The van der Waals surface area contributed by atoms with Crippen LogP contribution in [0.2, 0.25) is 0 Å². The molecule has 1 aromatic rings. The molecule has 0 aliphatic heterocycles. The van der Waals surface area contributed by atoms with Crippen LogP contribution < -0.4 is 11.1 Å². The minimum atomic E-state index is 0.483. The number of benzene rings is 1. The highest BCUT2D eigenvalue weighted by molar-refractivity contribution is 7.80. The number of hydrogen-bond acceptors (Lipinski definition) is 2. The third kappa shape index (κ3) is 4.20. The predicted octanol–water partition coefficient (Wildman–Crippen LogP) is 4.15. The Morgan fingerprint density at radius 3 is 2.42 bits per heavy atom. The largest absolute Gasteiger partial charge is 0.389 e. The molecule has 1 aromatic carbocycles. The van der Waals surface area contributed by atoms with Crippen molar-refractivity contribution in [1.82, 2.24) is 0 Å². The number of aryl methyl sites for hydroxylation is 1. The third-order valence-electron chi connectivity index (χ3n) is 3.91. The Labute approximate surface area is 121 Å². The van der Waals surface area contributed by atoms with Crippen LogP contribution in [0.4, 0.5) is 5.69 Å². The molecule has 1 saturated carbocycles. The van der Waals surface area contributed by atoms with Crippen molar-refractivity contribution in [2.45, 2.75) is 57.9 Å². The van der Waals surface area contributed by atoms with Crippen LogP contribution >= 0.6 is 12.2 Å². The Morgan fingerprint density at radius 1 is 1.16 bits per heavy atom. The van der Waals surface area contributed by atoms with E-state index in [-0.39, 0.29) is 0 Å². The van der Waals surface area contributed by atoms with Crippen molar-refractivity contribution in [3.63, 3.8) is 0 Å². The molecule has 0 unspecified atom stereocenters. The number of nitrogens with two attached hydrogens (primary N) is 1. The highest BCUT2D eigenvalue weighted by Gasteiger charge is 2.13. The van der Waals surface area contributed by atoms with E-state index in [4.69, 9.17) is 18.0 Å². The van der Waals surface area contributed by atoms with Crippen LogP contribution in [0.1, 0.15) is 56.1 Å². The normalized spacial score (nSPS) is 17.5. The first kappa shape index (κ1) is 14.3. The minimum Gasteiger partial charge on any atom is -0.389 e. The SMILES string of the molecule is Cc1ccc(NC2CCCCCCC2)c(C(N)=S)c1. The average Bonchev–Trinajstić information content (AvgIpc) is 2.34. The summed E-state index contributed by atoms with van der Waals surface area (Å²) in [6.07, 6.45) is 9.30. The monoisotopic (exact) mass is 276 g/mol. The lowest BCUT2D eigenvalue weighted by atomic mass is 9.96. The summed E-state index contributed by atoms with van der Waals surface area (Å²) in [6, 6.07) is 6.87. The Balaban J connectivity index is 2.10. The lowest BCUT2D eigenvalue weighted by Crippen LogP contribution is -2.23. The van der Waals surface area contributed by atoms with Gasteiger partial charge in [0, 0.05) is 17.3 Å². The zero-order valence-electron chi connectivity index (χ0n) is 11.7. The van der Waals surface area contributed by atoms with Gasteiger partial charge in [0.25, 0.3) is 0 Å². The minimum absolute atomic E-state index is 0.483. The molecular weight excluding hydrogens is 252 g/mol. The zero-order valence-corrected chi connectivity index (χ0v) is 12.6. The summed E-state index contributed by atoms with van der Waals surface area (Å²) in [4.78, 5) is 0.483. The van der Waals surface area contributed by atoms with Crippen LogP contribution in [-0.4, -0.2) is 11.0 Å². The topological polar surface area (TPSA) is 38.0 Å². The van der Waals surface area contributed by atoms with Crippen molar-refractivity contribution in [2.24, 2.45) is 5.73 Å². The summed E-state index contributed by atoms with van der Waals surface area (Å²) < 4.78 is 0. The molecule has 0 radical (unpaired) electrons. The van der Waals surface area contributed by atoms with Gasteiger partial charge in [0.05, 0.1) is 0 Å². The van der Waals surface area contributed by atoms with E-state index in [2.05, 4.69) is 30.4 Å². The van der Waals surface area contributed by atoms with Gasteiger partial charge in [-0.2, -0.15) is 0 Å². The Bertz CT molecular complexity index is 434. The first-order chi connectivity index (χ1) is 9.16. The fourth-order valence-corrected chi connectivity index (χ4v) is 2.98. The van der Waals surface area contributed by atoms with E-state index in [9.17, 15) is 0 Å². The van der Waals surface area contributed by atoms with Crippen LogP contribution in [0.5, 0.6) is 0 Å². The molecule has 0 amide bonds. The second-order valence-electron chi connectivity index (χ2n) is 5.60. The molecule has 0 bridgehead atoms. The first-order valence-electron chi connectivity index (χ1n) is 7.34. The van der Waals surface area contributed by atoms with Crippen LogP contribution in [0.25, 0.3) is 0 Å². The molecule has 0 spiro atoms. The number of nitrogens with one attached hydrogen (secondary N) is 1. The van der Waals surface area contributed by atoms with Gasteiger partial charge >= 0.3 is 0 Å². The summed E-state index contributed by atoms with van der Waals surface area (Å²) in [5.41, 5.74) is 9.12. The summed E-state index contributed by atoms with van der Waals surface area (Å²) in [5.74, 6) is 0. The molecule has 1 fully saturated rings. The lowest BCUT2D eigenvalue weighted by molar-refractivity contribution is 0.471. The Hall–Kier alpha value is -1.09.